The molecule has 0 aromatic heterocycles. The van der Waals surface area contributed by atoms with E-state index < -0.39 is 11.0 Å². The van der Waals surface area contributed by atoms with Crippen LogP contribution in [0.25, 0.3) is 0 Å². The molecule has 4 aromatic rings. The number of nitro benzene ring substituents is 1. The molecule has 4 rings (SSSR count). The summed E-state index contributed by atoms with van der Waals surface area (Å²) in [5, 5.41) is 23.1. The van der Waals surface area contributed by atoms with Gasteiger partial charge in [0, 0.05) is 25.2 Å². The lowest BCUT2D eigenvalue weighted by molar-refractivity contribution is -0.386. The van der Waals surface area contributed by atoms with E-state index in [2.05, 4.69) is 24.0 Å². The van der Waals surface area contributed by atoms with E-state index >= 15 is 0 Å². The van der Waals surface area contributed by atoms with E-state index in [4.69, 9.17) is 9.47 Å². The summed E-state index contributed by atoms with van der Waals surface area (Å²) in [5.74, 6) is 0.981. The summed E-state index contributed by atoms with van der Waals surface area (Å²) >= 11 is 0. The maximum Gasteiger partial charge on any atom is 0.311 e. The maximum absolute atomic E-state index is 11.9. The smallest absolute Gasteiger partial charge is 0.311 e. The Morgan fingerprint density at radius 1 is 0.872 bits per heavy atom. The second-order valence-electron chi connectivity index (χ2n) is 9.59. The van der Waals surface area contributed by atoms with Crippen molar-refractivity contribution in [2.24, 2.45) is 0 Å². The summed E-state index contributed by atoms with van der Waals surface area (Å²) in [5.41, 5.74) is 3.51. The summed E-state index contributed by atoms with van der Waals surface area (Å²) < 4.78 is 11.0. The van der Waals surface area contributed by atoms with Crippen LogP contribution >= 0.6 is 0 Å². The lowest BCUT2D eigenvalue weighted by Crippen LogP contribution is -2.37. The van der Waals surface area contributed by atoms with Crippen LogP contribution in [0.4, 0.5) is 5.69 Å². The molecule has 0 heterocycles. The number of ether oxygens (including phenoxy) is 2. The number of rotatable bonds is 13. The van der Waals surface area contributed by atoms with E-state index in [0.717, 1.165) is 28.9 Å². The lowest BCUT2D eigenvalue weighted by atomic mass is 10.0. The van der Waals surface area contributed by atoms with Gasteiger partial charge in [0.2, 0.25) is 0 Å². The van der Waals surface area contributed by atoms with Gasteiger partial charge < -0.3 is 14.6 Å². The molecule has 39 heavy (non-hydrogen) atoms. The second-order valence-corrected chi connectivity index (χ2v) is 9.59. The Balaban J connectivity index is 1.51. The van der Waals surface area contributed by atoms with E-state index in [1.165, 1.54) is 6.07 Å². The van der Waals surface area contributed by atoms with Crippen molar-refractivity contribution in [3.05, 3.63) is 135 Å². The standard InChI is InChI=1S/C32H34N2O5/c1-24(19-25-13-16-29(38-2)17-14-25)33(21-26-9-5-3-6-10-26)22-31(35)28-15-18-32(30(20-28)34(36)37)39-23-27-11-7-4-8-12-27/h3-18,20,24,31,35H,19,21-23H2,1-2H3/t24-,31+/m1/s1. The van der Waals surface area contributed by atoms with Gasteiger partial charge in [-0.1, -0.05) is 78.9 Å². The van der Waals surface area contributed by atoms with Gasteiger partial charge in [-0.2, -0.15) is 0 Å². The highest BCUT2D eigenvalue weighted by atomic mass is 16.6. The average molecular weight is 527 g/mol. The Labute approximate surface area is 229 Å². The third-order valence-corrected chi connectivity index (χ3v) is 6.75. The van der Waals surface area contributed by atoms with Crippen molar-refractivity contribution in [1.29, 1.82) is 0 Å². The molecule has 0 aliphatic carbocycles. The molecule has 0 amide bonds. The van der Waals surface area contributed by atoms with Crippen molar-refractivity contribution in [1.82, 2.24) is 4.90 Å². The molecule has 0 aliphatic heterocycles. The number of methoxy groups -OCH3 is 1. The Bertz CT molecular complexity index is 1330. The van der Waals surface area contributed by atoms with E-state index in [9.17, 15) is 15.2 Å². The highest BCUT2D eigenvalue weighted by Gasteiger charge is 2.23. The number of aliphatic hydroxyl groups excluding tert-OH is 1. The van der Waals surface area contributed by atoms with Gasteiger partial charge in [0.15, 0.2) is 5.75 Å². The Morgan fingerprint density at radius 3 is 2.13 bits per heavy atom. The molecule has 0 saturated carbocycles. The van der Waals surface area contributed by atoms with Crippen molar-refractivity contribution in [2.75, 3.05) is 13.7 Å². The number of nitrogens with zero attached hydrogens (tertiary/aromatic N) is 2. The fourth-order valence-corrected chi connectivity index (χ4v) is 4.52. The molecular weight excluding hydrogens is 492 g/mol. The van der Waals surface area contributed by atoms with Gasteiger partial charge in [-0.05, 0) is 53.8 Å². The molecular formula is C32H34N2O5. The molecule has 0 radical (unpaired) electrons. The summed E-state index contributed by atoms with van der Waals surface area (Å²) in [6.07, 6.45) is -0.149. The highest BCUT2D eigenvalue weighted by Crippen LogP contribution is 2.32. The fraction of sp³-hybridized carbons (Fsp3) is 0.250. The minimum atomic E-state index is -0.922. The molecule has 0 unspecified atom stereocenters. The number of benzene rings is 4. The van der Waals surface area contributed by atoms with Crippen molar-refractivity contribution in [2.45, 2.75) is 38.6 Å². The van der Waals surface area contributed by atoms with Crippen LogP contribution in [0.5, 0.6) is 11.5 Å². The molecule has 0 bridgehead atoms. The summed E-state index contributed by atoms with van der Waals surface area (Å²) in [6, 6.07) is 32.3. The second kappa shape index (κ2) is 13.6. The van der Waals surface area contributed by atoms with Crippen LogP contribution < -0.4 is 9.47 Å². The number of hydrogen-bond donors (Lipinski definition) is 1. The van der Waals surface area contributed by atoms with E-state index in [-0.39, 0.29) is 24.1 Å². The molecule has 1 N–H and O–H groups in total. The number of aliphatic hydroxyl groups is 1. The van der Waals surface area contributed by atoms with Crippen molar-refractivity contribution < 1.29 is 19.5 Å². The van der Waals surface area contributed by atoms with Crippen molar-refractivity contribution >= 4 is 5.69 Å². The largest absolute Gasteiger partial charge is 0.497 e. The van der Waals surface area contributed by atoms with Gasteiger partial charge in [-0.25, -0.2) is 0 Å². The molecule has 4 aromatic carbocycles. The zero-order valence-corrected chi connectivity index (χ0v) is 22.3. The van der Waals surface area contributed by atoms with Crippen LogP contribution in [0, 0.1) is 10.1 Å². The number of hydrogen-bond acceptors (Lipinski definition) is 6. The molecule has 0 aliphatic rings. The van der Waals surface area contributed by atoms with E-state index in [0.29, 0.717) is 18.7 Å². The van der Waals surface area contributed by atoms with Gasteiger partial charge >= 0.3 is 5.69 Å². The summed E-state index contributed by atoms with van der Waals surface area (Å²) in [4.78, 5) is 13.6. The highest BCUT2D eigenvalue weighted by molar-refractivity contribution is 5.49. The average Bonchev–Trinajstić information content (AvgIpc) is 2.97. The summed E-state index contributed by atoms with van der Waals surface area (Å²) in [7, 11) is 1.65. The monoisotopic (exact) mass is 526 g/mol. The minimum Gasteiger partial charge on any atom is -0.497 e. The van der Waals surface area contributed by atoms with Crippen LogP contribution in [-0.4, -0.2) is 34.6 Å². The zero-order valence-electron chi connectivity index (χ0n) is 22.3. The Morgan fingerprint density at radius 2 is 1.51 bits per heavy atom. The van der Waals surface area contributed by atoms with Crippen LogP contribution in [0.1, 0.15) is 35.3 Å². The first-order chi connectivity index (χ1) is 18.9. The predicted octanol–water partition coefficient (Wildman–Crippen LogP) is 6.35. The molecule has 0 spiro atoms. The third kappa shape index (κ3) is 7.89. The lowest BCUT2D eigenvalue weighted by Gasteiger charge is -2.31. The number of nitro groups is 1. The SMILES string of the molecule is COc1ccc(C[C@@H](C)N(Cc2ccccc2)C[C@H](O)c2ccc(OCc3ccccc3)c([N+](=O)[O-])c2)cc1. The van der Waals surface area contributed by atoms with Gasteiger partial charge in [0.1, 0.15) is 12.4 Å². The van der Waals surface area contributed by atoms with Crippen LogP contribution in [0.3, 0.4) is 0 Å². The Kier molecular flexibility index (Phi) is 9.67. The Hall–Kier alpha value is -4.20. The quantitative estimate of drug-likeness (QED) is 0.161. The predicted molar refractivity (Wildman–Crippen MR) is 152 cm³/mol. The summed E-state index contributed by atoms with van der Waals surface area (Å²) in [6.45, 7) is 3.29. The van der Waals surface area contributed by atoms with Gasteiger partial charge in [-0.3, -0.25) is 15.0 Å². The van der Waals surface area contributed by atoms with E-state index in [1.807, 2.05) is 72.8 Å². The van der Waals surface area contributed by atoms with Gasteiger partial charge in [-0.15, -0.1) is 0 Å². The minimum absolute atomic E-state index is 0.0942. The van der Waals surface area contributed by atoms with Gasteiger partial charge in [0.25, 0.3) is 0 Å². The van der Waals surface area contributed by atoms with Crippen molar-refractivity contribution in [3.63, 3.8) is 0 Å². The molecule has 0 fully saturated rings. The van der Waals surface area contributed by atoms with Crippen LogP contribution in [0.2, 0.25) is 0 Å². The fourth-order valence-electron chi connectivity index (χ4n) is 4.52. The topological polar surface area (TPSA) is 85.1 Å². The van der Waals surface area contributed by atoms with E-state index in [1.54, 1.807) is 19.2 Å². The van der Waals surface area contributed by atoms with Crippen LogP contribution in [-0.2, 0) is 19.6 Å². The van der Waals surface area contributed by atoms with Gasteiger partial charge in [0.05, 0.1) is 18.1 Å². The molecule has 7 heteroatoms. The molecule has 2 atom stereocenters. The third-order valence-electron chi connectivity index (χ3n) is 6.75. The zero-order chi connectivity index (χ0) is 27.6. The molecule has 202 valence electrons. The molecule has 7 nitrogen and oxygen atoms in total. The first kappa shape index (κ1) is 27.8. The van der Waals surface area contributed by atoms with Crippen LogP contribution in [0.15, 0.2) is 103 Å². The molecule has 0 saturated heterocycles. The first-order valence-corrected chi connectivity index (χ1v) is 13.0. The normalized spacial score (nSPS) is 12.6. The van der Waals surface area contributed by atoms with Crippen molar-refractivity contribution in [3.8, 4) is 11.5 Å². The first-order valence-electron chi connectivity index (χ1n) is 13.0. The maximum atomic E-state index is 11.9.